The first kappa shape index (κ1) is 9.42. The van der Waals surface area contributed by atoms with Gasteiger partial charge in [-0.3, -0.25) is 0 Å². The van der Waals surface area contributed by atoms with E-state index >= 15 is 0 Å². The van der Waals surface area contributed by atoms with Gasteiger partial charge in [-0.25, -0.2) is 9.97 Å². The summed E-state index contributed by atoms with van der Waals surface area (Å²) in [5.74, 6) is 0.670. The number of anilines is 1. The minimum absolute atomic E-state index is 0.0197. The summed E-state index contributed by atoms with van der Waals surface area (Å²) in [7, 11) is 0. The molecule has 1 aromatic rings. The Morgan fingerprint density at radius 3 is 3.15 bits per heavy atom. The largest absolute Gasteiger partial charge is 0.394 e. The van der Waals surface area contributed by atoms with Crippen molar-refractivity contribution in [2.45, 2.75) is 13.0 Å². The van der Waals surface area contributed by atoms with Crippen LogP contribution in [0.5, 0.6) is 0 Å². The van der Waals surface area contributed by atoms with Crippen molar-refractivity contribution in [3.8, 4) is 6.07 Å². The molecule has 0 bridgehead atoms. The molecule has 0 spiro atoms. The van der Waals surface area contributed by atoms with Gasteiger partial charge in [0.2, 0.25) is 5.82 Å². The molecule has 0 saturated heterocycles. The van der Waals surface area contributed by atoms with E-state index in [0.717, 1.165) is 0 Å². The van der Waals surface area contributed by atoms with E-state index in [-0.39, 0.29) is 18.5 Å². The number of aliphatic hydroxyl groups is 1. The number of nitrogens with zero attached hydrogens (tertiary/aromatic N) is 3. The van der Waals surface area contributed by atoms with Gasteiger partial charge in [-0.05, 0) is 13.0 Å². The van der Waals surface area contributed by atoms with Gasteiger partial charge in [-0.1, -0.05) is 0 Å². The van der Waals surface area contributed by atoms with Crippen LogP contribution in [-0.4, -0.2) is 27.7 Å². The zero-order valence-corrected chi connectivity index (χ0v) is 7.23. The summed E-state index contributed by atoms with van der Waals surface area (Å²) in [4.78, 5) is 7.60. The molecule has 1 atom stereocenters. The van der Waals surface area contributed by atoms with Crippen molar-refractivity contribution in [1.82, 2.24) is 9.97 Å². The fourth-order valence-corrected chi connectivity index (χ4v) is 0.791. The van der Waals surface area contributed by atoms with Crippen molar-refractivity contribution in [1.29, 1.82) is 5.26 Å². The average molecular weight is 178 g/mol. The van der Waals surface area contributed by atoms with E-state index in [1.54, 1.807) is 6.07 Å². The summed E-state index contributed by atoms with van der Waals surface area (Å²) >= 11 is 0. The maximum atomic E-state index is 8.75. The first-order chi connectivity index (χ1) is 6.26. The zero-order chi connectivity index (χ0) is 9.68. The minimum Gasteiger partial charge on any atom is -0.394 e. The SMILES string of the molecule is CC(CO)Nc1ccnc(C#N)n1. The summed E-state index contributed by atoms with van der Waals surface area (Å²) in [6, 6.07) is 3.40. The van der Waals surface area contributed by atoms with Crippen LogP contribution in [0.15, 0.2) is 12.3 Å². The predicted molar refractivity (Wildman–Crippen MR) is 46.9 cm³/mol. The molecule has 1 aromatic heterocycles. The van der Waals surface area contributed by atoms with Gasteiger partial charge in [0.05, 0.1) is 6.61 Å². The molecule has 0 fully saturated rings. The third kappa shape index (κ3) is 2.69. The summed E-state index contributed by atoms with van der Waals surface area (Å²) in [6.45, 7) is 1.83. The molecule has 0 aliphatic heterocycles. The van der Waals surface area contributed by atoms with Crippen LogP contribution in [0.4, 0.5) is 5.82 Å². The Morgan fingerprint density at radius 1 is 1.77 bits per heavy atom. The van der Waals surface area contributed by atoms with Crippen LogP contribution in [-0.2, 0) is 0 Å². The molecule has 0 aliphatic rings. The summed E-state index contributed by atoms with van der Waals surface area (Å²) in [5, 5.41) is 20.2. The van der Waals surface area contributed by atoms with Gasteiger partial charge in [0.15, 0.2) is 0 Å². The van der Waals surface area contributed by atoms with Gasteiger partial charge in [0, 0.05) is 12.2 Å². The molecule has 0 aromatic carbocycles. The number of hydrogen-bond donors (Lipinski definition) is 2. The Balaban J connectivity index is 2.73. The molecule has 1 unspecified atom stereocenters. The lowest BCUT2D eigenvalue weighted by Gasteiger charge is -2.10. The first-order valence-electron chi connectivity index (χ1n) is 3.87. The molecule has 0 radical (unpaired) electrons. The van der Waals surface area contributed by atoms with E-state index in [9.17, 15) is 0 Å². The van der Waals surface area contributed by atoms with Gasteiger partial charge in [-0.15, -0.1) is 0 Å². The van der Waals surface area contributed by atoms with Gasteiger partial charge in [-0.2, -0.15) is 5.26 Å². The number of nitriles is 1. The molecule has 0 aliphatic carbocycles. The van der Waals surface area contributed by atoms with Crippen LogP contribution in [0.25, 0.3) is 0 Å². The first-order valence-corrected chi connectivity index (χ1v) is 3.87. The summed E-state index contributed by atoms with van der Waals surface area (Å²) in [5.41, 5.74) is 0. The third-order valence-electron chi connectivity index (χ3n) is 1.42. The van der Waals surface area contributed by atoms with Crippen LogP contribution >= 0.6 is 0 Å². The van der Waals surface area contributed by atoms with Crippen molar-refractivity contribution in [3.63, 3.8) is 0 Å². The van der Waals surface area contributed by atoms with Gasteiger partial charge in [0.1, 0.15) is 11.9 Å². The Hall–Kier alpha value is -1.67. The standard InChI is InChI=1S/C8H10N4O/c1-6(5-13)11-7-2-3-10-8(4-9)12-7/h2-3,6,13H,5H2,1H3,(H,10,11,12). The monoisotopic (exact) mass is 178 g/mol. The van der Waals surface area contributed by atoms with Gasteiger partial charge >= 0.3 is 0 Å². The normalized spacial score (nSPS) is 11.8. The molecule has 5 heteroatoms. The Kier molecular flexibility index (Phi) is 3.17. The molecule has 0 amide bonds. The second-order valence-electron chi connectivity index (χ2n) is 2.61. The molecule has 1 heterocycles. The van der Waals surface area contributed by atoms with Gasteiger partial charge < -0.3 is 10.4 Å². The van der Waals surface area contributed by atoms with Crippen molar-refractivity contribution < 1.29 is 5.11 Å². The number of aromatic nitrogens is 2. The minimum atomic E-state index is -0.0820. The molecular weight excluding hydrogens is 168 g/mol. The molecule has 2 N–H and O–H groups in total. The fourth-order valence-electron chi connectivity index (χ4n) is 0.791. The van der Waals surface area contributed by atoms with Crippen LogP contribution in [0, 0.1) is 11.3 Å². The lowest BCUT2D eigenvalue weighted by Crippen LogP contribution is -2.20. The molecular formula is C8H10N4O. The van der Waals surface area contributed by atoms with Crippen molar-refractivity contribution in [3.05, 3.63) is 18.1 Å². The Bertz CT molecular complexity index is 320. The lowest BCUT2D eigenvalue weighted by molar-refractivity contribution is 0.281. The number of rotatable bonds is 3. The number of nitrogens with one attached hydrogen (secondary N) is 1. The molecule has 5 nitrogen and oxygen atoms in total. The lowest BCUT2D eigenvalue weighted by atomic mass is 10.3. The highest BCUT2D eigenvalue weighted by atomic mass is 16.3. The maximum Gasteiger partial charge on any atom is 0.234 e. The molecule has 68 valence electrons. The highest BCUT2D eigenvalue weighted by Crippen LogP contribution is 2.02. The number of aliphatic hydroxyl groups excluding tert-OH is 1. The zero-order valence-electron chi connectivity index (χ0n) is 7.23. The number of hydrogen-bond acceptors (Lipinski definition) is 5. The van der Waals surface area contributed by atoms with Crippen molar-refractivity contribution in [2.24, 2.45) is 0 Å². The smallest absolute Gasteiger partial charge is 0.234 e. The molecule has 1 rings (SSSR count). The van der Waals surface area contributed by atoms with E-state index in [0.29, 0.717) is 5.82 Å². The van der Waals surface area contributed by atoms with Crippen molar-refractivity contribution >= 4 is 5.82 Å². The van der Waals surface area contributed by atoms with Crippen LogP contribution < -0.4 is 5.32 Å². The summed E-state index contributed by atoms with van der Waals surface area (Å²) in [6.07, 6.45) is 1.50. The van der Waals surface area contributed by atoms with Crippen molar-refractivity contribution in [2.75, 3.05) is 11.9 Å². The average Bonchev–Trinajstić information content (AvgIpc) is 2.18. The second-order valence-corrected chi connectivity index (χ2v) is 2.61. The van der Waals surface area contributed by atoms with E-state index in [4.69, 9.17) is 10.4 Å². The Morgan fingerprint density at radius 2 is 2.54 bits per heavy atom. The second kappa shape index (κ2) is 4.38. The van der Waals surface area contributed by atoms with Crippen LogP contribution in [0.1, 0.15) is 12.7 Å². The van der Waals surface area contributed by atoms with E-state index < -0.39 is 0 Å². The highest BCUT2D eigenvalue weighted by Gasteiger charge is 2.01. The summed E-state index contributed by atoms with van der Waals surface area (Å²) < 4.78 is 0. The molecule has 0 saturated carbocycles. The Labute approximate surface area is 76.1 Å². The van der Waals surface area contributed by atoms with E-state index in [1.807, 2.05) is 13.0 Å². The molecule has 13 heavy (non-hydrogen) atoms. The van der Waals surface area contributed by atoms with E-state index in [2.05, 4.69) is 15.3 Å². The third-order valence-corrected chi connectivity index (χ3v) is 1.42. The van der Waals surface area contributed by atoms with Gasteiger partial charge in [0.25, 0.3) is 0 Å². The highest BCUT2D eigenvalue weighted by molar-refractivity contribution is 5.35. The van der Waals surface area contributed by atoms with Crippen LogP contribution in [0.2, 0.25) is 0 Å². The quantitative estimate of drug-likeness (QED) is 0.688. The van der Waals surface area contributed by atoms with E-state index in [1.165, 1.54) is 6.20 Å². The van der Waals surface area contributed by atoms with Crippen LogP contribution in [0.3, 0.4) is 0 Å². The fraction of sp³-hybridized carbons (Fsp3) is 0.375. The predicted octanol–water partition coefficient (Wildman–Crippen LogP) is 0.141. The topological polar surface area (TPSA) is 81.8 Å². The maximum absolute atomic E-state index is 8.75.